The third-order valence-electron chi connectivity index (χ3n) is 3.89. The minimum Gasteiger partial charge on any atom is -0.493 e. The van der Waals surface area contributed by atoms with Crippen molar-refractivity contribution in [2.45, 2.75) is 18.3 Å². The molecule has 1 aliphatic heterocycles. The number of hydrogen-bond acceptors (Lipinski definition) is 2. The molecule has 0 aromatic heterocycles. The molecule has 0 saturated heterocycles. The van der Waals surface area contributed by atoms with E-state index < -0.39 is 11.9 Å². The number of fused-ring (bicyclic) bond motifs is 1. The highest BCUT2D eigenvalue weighted by molar-refractivity contribution is 9.10. The van der Waals surface area contributed by atoms with Gasteiger partial charge in [-0.25, -0.2) is 0 Å². The lowest BCUT2D eigenvalue weighted by atomic mass is 9.86. The number of carboxylic acid groups (broad SMARTS) is 1. The van der Waals surface area contributed by atoms with Crippen LogP contribution in [0.3, 0.4) is 0 Å². The highest BCUT2D eigenvalue weighted by Crippen LogP contribution is 2.39. The van der Waals surface area contributed by atoms with Gasteiger partial charge in [-0.05, 0) is 30.2 Å². The van der Waals surface area contributed by atoms with Crippen LogP contribution >= 0.6 is 15.9 Å². The number of aliphatic carboxylic acids is 1. The van der Waals surface area contributed by atoms with Gasteiger partial charge in [-0.3, -0.25) is 4.79 Å². The van der Waals surface area contributed by atoms with Crippen LogP contribution in [0.2, 0.25) is 0 Å². The summed E-state index contributed by atoms with van der Waals surface area (Å²) < 4.78 is 6.60. The van der Waals surface area contributed by atoms with Crippen molar-refractivity contribution in [3.05, 3.63) is 64.1 Å². The molecule has 2 atom stereocenters. The van der Waals surface area contributed by atoms with Crippen molar-refractivity contribution in [2.75, 3.05) is 6.61 Å². The lowest BCUT2D eigenvalue weighted by Crippen LogP contribution is -2.16. The van der Waals surface area contributed by atoms with E-state index in [4.69, 9.17) is 4.74 Å². The summed E-state index contributed by atoms with van der Waals surface area (Å²) in [7, 11) is 0. The Morgan fingerprint density at radius 3 is 2.67 bits per heavy atom. The van der Waals surface area contributed by atoms with Gasteiger partial charge in [0.2, 0.25) is 0 Å². The van der Waals surface area contributed by atoms with Gasteiger partial charge >= 0.3 is 5.97 Å². The van der Waals surface area contributed by atoms with E-state index >= 15 is 0 Å². The molecular formula is C17H15BrO3. The Morgan fingerprint density at radius 2 is 1.95 bits per heavy atom. The van der Waals surface area contributed by atoms with Crippen molar-refractivity contribution in [3.8, 4) is 5.75 Å². The summed E-state index contributed by atoms with van der Waals surface area (Å²) in [6.45, 7) is 0.555. The molecule has 0 bridgehead atoms. The highest BCUT2D eigenvalue weighted by Gasteiger charge is 2.30. The lowest BCUT2D eigenvalue weighted by Gasteiger charge is -2.17. The Balaban J connectivity index is 1.84. The first-order valence-corrected chi connectivity index (χ1v) is 7.64. The molecule has 0 spiro atoms. The van der Waals surface area contributed by atoms with E-state index in [9.17, 15) is 9.90 Å². The van der Waals surface area contributed by atoms with Crippen molar-refractivity contribution in [3.63, 3.8) is 0 Å². The third kappa shape index (κ3) is 2.95. The predicted octanol–water partition coefficient (Wildman–Crippen LogP) is 4.18. The molecule has 0 radical (unpaired) electrons. The van der Waals surface area contributed by atoms with Crippen molar-refractivity contribution < 1.29 is 14.6 Å². The van der Waals surface area contributed by atoms with Crippen molar-refractivity contribution in [1.82, 2.24) is 0 Å². The van der Waals surface area contributed by atoms with Gasteiger partial charge in [0.25, 0.3) is 0 Å². The zero-order valence-electron chi connectivity index (χ0n) is 11.3. The molecule has 0 amide bonds. The molecule has 1 aliphatic rings. The van der Waals surface area contributed by atoms with E-state index in [-0.39, 0.29) is 5.92 Å². The Labute approximate surface area is 131 Å². The molecule has 3 nitrogen and oxygen atoms in total. The molecule has 1 N–H and O–H groups in total. The maximum Gasteiger partial charge on any atom is 0.310 e. The fourth-order valence-electron chi connectivity index (χ4n) is 2.78. The molecule has 2 aromatic carbocycles. The van der Waals surface area contributed by atoms with Crippen molar-refractivity contribution >= 4 is 21.9 Å². The maximum absolute atomic E-state index is 11.6. The van der Waals surface area contributed by atoms with Gasteiger partial charge in [0.05, 0.1) is 12.5 Å². The van der Waals surface area contributed by atoms with E-state index in [1.165, 1.54) is 0 Å². The van der Waals surface area contributed by atoms with Gasteiger partial charge in [-0.15, -0.1) is 0 Å². The fourth-order valence-corrected chi connectivity index (χ4v) is 3.05. The fraction of sp³-hybridized carbons (Fsp3) is 0.235. The number of hydrogen-bond donors (Lipinski definition) is 1. The Morgan fingerprint density at radius 1 is 1.24 bits per heavy atom. The highest BCUT2D eigenvalue weighted by atomic mass is 79.9. The molecule has 1 heterocycles. The Bertz CT molecular complexity index is 651. The second-order valence-electron chi connectivity index (χ2n) is 5.22. The zero-order chi connectivity index (χ0) is 14.8. The average molecular weight is 347 g/mol. The third-order valence-corrected chi connectivity index (χ3v) is 4.42. The van der Waals surface area contributed by atoms with Gasteiger partial charge in [0.1, 0.15) is 5.75 Å². The molecule has 21 heavy (non-hydrogen) atoms. The van der Waals surface area contributed by atoms with Crippen LogP contribution in [-0.4, -0.2) is 17.7 Å². The summed E-state index contributed by atoms with van der Waals surface area (Å²) in [4.78, 5) is 11.6. The van der Waals surface area contributed by atoms with Gasteiger partial charge in [-0.2, -0.15) is 0 Å². The van der Waals surface area contributed by atoms with Crippen LogP contribution in [0.4, 0.5) is 0 Å². The molecule has 2 aromatic rings. The summed E-state index contributed by atoms with van der Waals surface area (Å²) in [6, 6.07) is 15.3. The Kier molecular flexibility index (Phi) is 3.97. The van der Waals surface area contributed by atoms with Crippen LogP contribution in [0.1, 0.15) is 29.4 Å². The van der Waals surface area contributed by atoms with Crippen molar-refractivity contribution in [1.29, 1.82) is 0 Å². The van der Waals surface area contributed by atoms with Gasteiger partial charge < -0.3 is 9.84 Å². The zero-order valence-corrected chi connectivity index (χ0v) is 12.9. The number of para-hydroxylation sites is 1. The van der Waals surface area contributed by atoms with Crippen LogP contribution in [0.25, 0.3) is 0 Å². The molecule has 0 saturated carbocycles. The van der Waals surface area contributed by atoms with Crippen LogP contribution in [0.5, 0.6) is 5.75 Å². The number of rotatable bonds is 4. The van der Waals surface area contributed by atoms with Gasteiger partial charge in [-0.1, -0.05) is 46.3 Å². The van der Waals surface area contributed by atoms with Crippen LogP contribution in [0, 0.1) is 0 Å². The summed E-state index contributed by atoms with van der Waals surface area (Å²) in [6.07, 6.45) is 0.550. The number of carbonyl (C=O) groups is 1. The second kappa shape index (κ2) is 5.90. The first kappa shape index (κ1) is 14.1. The number of carboxylic acids is 1. The standard InChI is InChI=1S/C17H15BrO3/c18-13-7-5-11(6-8-13)15(17(19)20)9-12-10-21-16-4-2-1-3-14(12)16/h1-8,12,15H,9-10H2,(H,19,20). The molecular weight excluding hydrogens is 332 g/mol. The number of halogens is 1. The van der Waals surface area contributed by atoms with Gasteiger partial charge in [0, 0.05) is 16.0 Å². The minimum absolute atomic E-state index is 0.131. The molecule has 4 heteroatoms. The van der Waals surface area contributed by atoms with E-state index in [2.05, 4.69) is 15.9 Å². The normalized spacial score (nSPS) is 17.9. The molecule has 2 unspecified atom stereocenters. The second-order valence-corrected chi connectivity index (χ2v) is 6.14. The van der Waals surface area contributed by atoms with Crippen molar-refractivity contribution in [2.24, 2.45) is 0 Å². The summed E-state index contributed by atoms with van der Waals surface area (Å²) in [5.41, 5.74) is 1.94. The van der Waals surface area contributed by atoms with Crippen LogP contribution in [-0.2, 0) is 4.79 Å². The molecule has 108 valence electrons. The maximum atomic E-state index is 11.6. The molecule has 0 aliphatic carbocycles. The first-order valence-electron chi connectivity index (χ1n) is 6.85. The minimum atomic E-state index is -0.790. The van der Waals surface area contributed by atoms with E-state index in [1.807, 2.05) is 48.5 Å². The summed E-state index contributed by atoms with van der Waals surface area (Å²) >= 11 is 3.37. The summed E-state index contributed by atoms with van der Waals surface area (Å²) in [5.74, 6) is -0.298. The van der Waals surface area contributed by atoms with E-state index in [0.717, 1.165) is 21.3 Å². The monoisotopic (exact) mass is 346 g/mol. The van der Waals surface area contributed by atoms with Crippen LogP contribution < -0.4 is 4.74 Å². The smallest absolute Gasteiger partial charge is 0.310 e. The average Bonchev–Trinajstić information content (AvgIpc) is 2.89. The predicted molar refractivity (Wildman–Crippen MR) is 83.8 cm³/mol. The number of ether oxygens (including phenoxy) is 1. The molecule has 3 rings (SSSR count). The molecule has 0 fully saturated rings. The SMILES string of the molecule is O=C(O)C(CC1COc2ccccc21)c1ccc(Br)cc1. The lowest BCUT2D eigenvalue weighted by molar-refractivity contribution is -0.139. The number of benzene rings is 2. The largest absolute Gasteiger partial charge is 0.493 e. The van der Waals surface area contributed by atoms with Gasteiger partial charge in [0.15, 0.2) is 0 Å². The summed E-state index contributed by atoms with van der Waals surface area (Å²) in [5, 5.41) is 9.55. The quantitative estimate of drug-likeness (QED) is 0.902. The topological polar surface area (TPSA) is 46.5 Å². The van der Waals surface area contributed by atoms with Crippen LogP contribution in [0.15, 0.2) is 53.0 Å². The van der Waals surface area contributed by atoms with E-state index in [1.54, 1.807) is 0 Å². The van der Waals surface area contributed by atoms with E-state index in [0.29, 0.717) is 13.0 Å². The first-order chi connectivity index (χ1) is 10.1. The Hall–Kier alpha value is -1.81.